The second kappa shape index (κ2) is 6.85. The van der Waals surface area contributed by atoms with E-state index in [2.05, 4.69) is 23.5 Å². The van der Waals surface area contributed by atoms with Crippen molar-refractivity contribution in [1.82, 2.24) is 5.32 Å². The summed E-state index contributed by atoms with van der Waals surface area (Å²) in [5.74, 6) is 1.00. The number of rotatable bonds is 6. The maximum absolute atomic E-state index is 12.0. The summed E-state index contributed by atoms with van der Waals surface area (Å²) in [5, 5.41) is 2.73. The van der Waals surface area contributed by atoms with Gasteiger partial charge in [0.1, 0.15) is 0 Å². The summed E-state index contributed by atoms with van der Waals surface area (Å²) >= 11 is 0. The molecule has 0 aliphatic heterocycles. The van der Waals surface area contributed by atoms with Gasteiger partial charge >= 0.3 is 0 Å². The number of carbonyl (C=O) groups excluding carboxylic acids is 1. The second-order valence-corrected chi connectivity index (χ2v) is 6.52. The molecule has 2 rings (SSSR count). The van der Waals surface area contributed by atoms with Crippen LogP contribution in [0, 0.1) is 0 Å². The molecule has 0 saturated carbocycles. The number of aryl methyl sites for hydroxylation is 2. The van der Waals surface area contributed by atoms with Gasteiger partial charge in [-0.2, -0.15) is 0 Å². The van der Waals surface area contributed by atoms with E-state index >= 15 is 0 Å². The summed E-state index contributed by atoms with van der Waals surface area (Å²) in [6.45, 7) is 2.52. The van der Waals surface area contributed by atoms with Gasteiger partial charge in [-0.3, -0.25) is 9.00 Å². The predicted octanol–water partition coefficient (Wildman–Crippen LogP) is 1.95. The van der Waals surface area contributed by atoms with E-state index in [4.69, 9.17) is 0 Å². The fourth-order valence-corrected chi connectivity index (χ4v) is 3.57. The number of fused-ring (bicyclic) bond motifs is 1. The van der Waals surface area contributed by atoms with Crippen LogP contribution in [0.5, 0.6) is 0 Å². The van der Waals surface area contributed by atoms with Crippen LogP contribution in [-0.4, -0.2) is 22.4 Å². The normalized spacial score (nSPS) is 15.0. The van der Waals surface area contributed by atoms with E-state index in [1.54, 1.807) is 0 Å². The Bertz CT molecular complexity index is 485. The molecule has 0 unspecified atom stereocenters. The van der Waals surface area contributed by atoms with Crippen molar-refractivity contribution in [2.24, 2.45) is 0 Å². The molecule has 0 radical (unpaired) electrons. The van der Waals surface area contributed by atoms with Crippen molar-refractivity contribution in [3.63, 3.8) is 0 Å². The van der Waals surface area contributed by atoms with E-state index in [-0.39, 0.29) is 5.91 Å². The Kier molecular flexibility index (Phi) is 5.14. The van der Waals surface area contributed by atoms with E-state index in [1.165, 1.54) is 24.0 Å². The van der Waals surface area contributed by atoms with Crippen LogP contribution in [0.1, 0.15) is 36.5 Å². The minimum Gasteiger partial charge on any atom is -0.356 e. The number of carbonyl (C=O) groups is 1. The van der Waals surface area contributed by atoms with Crippen LogP contribution in [0.15, 0.2) is 18.2 Å². The molecule has 1 amide bonds. The van der Waals surface area contributed by atoms with Crippen molar-refractivity contribution in [2.45, 2.75) is 38.4 Å². The van der Waals surface area contributed by atoms with Gasteiger partial charge in [0.15, 0.2) is 0 Å². The maximum atomic E-state index is 12.0. The fraction of sp³-hybridized carbons (Fsp3) is 0.533. The van der Waals surface area contributed by atoms with Gasteiger partial charge in [-0.05, 0) is 42.9 Å². The lowest BCUT2D eigenvalue weighted by molar-refractivity contribution is -0.120. The van der Waals surface area contributed by atoms with Crippen LogP contribution in [0.3, 0.4) is 0 Å². The van der Waals surface area contributed by atoms with Crippen LogP contribution in [0.2, 0.25) is 0 Å². The summed E-state index contributed by atoms with van der Waals surface area (Å²) in [4.78, 5) is 11.3. The smallest absolute Gasteiger partial charge is 0.220 e. The van der Waals surface area contributed by atoms with Gasteiger partial charge in [-0.25, -0.2) is 0 Å². The Morgan fingerprint density at radius 3 is 2.89 bits per heavy atom. The lowest BCUT2D eigenvalue weighted by atomic mass is 10.1. The van der Waals surface area contributed by atoms with Crippen LogP contribution in [0.25, 0.3) is 0 Å². The molecule has 1 N–H and O–H groups in total. The zero-order valence-electron chi connectivity index (χ0n) is 11.4. The molecule has 1 aliphatic carbocycles. The molecule has 0 aromatic heterocycles. The first kappa shape index (κ1) is 14.3. The first-order valence-electron chi connectivity index (χ1n) is 6.91. The minimum absolute atomic E-state index is 0.00944. The van der Waals surface area contributed by atoms with Crippen molar-refractivity contribution >= 4 is 16.7 Å². The van der Waals surface area contributed by atoms with E-state index in [0.717, 1.165) is 12.0 Å². The average molecular weight is 279 g/mol. The van der Waals surface area contributed by atoms with Crippen LogP contribution < -0.4 is 5.32 Å². The third-order valence-electron chi connectivity index (χ3n) is 3.42. The Labute approximate surface area is 117 Å². The van der Waals surface area contributed by atoms with Crippen molar-refractivity contribution in [1.29, 1.82) is 0 Å². The van der Waals surface area contributed by atoms with Gasteiger partial charge in [-0.1, -0.05) is 18.2 Å². The molecule has 0 spiro atoms. The van der Waals surface area contributed by atoms with E-state index in [0.29, 0.717) is 24.5 Å². The summed E-state index contributed by atoms with van der Waals surface area (Å²) in [7, 11) is -0.952. The molecule has 0 bridgehead atoms. The highest BCUT2D eigenvalue weighted by molar-refractivity contribution is 7.84. The van der Waals surface area contributed by atoms with Gasteiger partial charge in [-0.15, -0.1) is 0 Å². The largest absolute Gasteiger partial charge is 0.356 e. The number of hydrogen-bond acceptors (Lipinski definition) is 2. The minimum atomic E-state index is -0.952. The molecule has 4 heteroatoms. The van der Waals surface area contributed by atoms with E-state index in [9.17, 15) is 9.00 Å². The van der Waals surface area contributed by atoms with Crippen molar-refractivity contribution < 1.29 is 9.00 Å². The molecule has 3 nitrogen and oxygen atoms in total. The fourth-order valence-electron chi connectivity index (χ4n) is 2.47. The SMILES string of the molecule is CCNC(=O)CC[S@](=O)Cc1ccc2c(c1)CCC2. The lowest BCUT2D eigenvalue weighted by Gasteiger charge is -2.06. The van der Waals surface area contributed by atoms with Crippen LogP contribution in [0.4, 0.5) is 0 Å². The number of benzene rings is 1. The molecular formula is C15H21NO2S. The molecular weight excluding hydrogens is 258 g/mol. The number of hydrogen-bond donors (Lipinski definition) is 1. The van der Waals surface area contributed by atoms with Crippen molar-refractivity contribution in [2.75, 3.05) is 12.3 Å². The Morgan fingerprint density at radius 2 is 2.11 bits per heavy atom. The second-order valence-electron chi connectivity index (χ2n) is 4.95. The first-order chi connectivity index (χ1) is 9.19. The highest BCUT2D eigenvalue weighted by atomic mass is 32.2. The summed E-state index contributed by atoms with van der Waals surface area (Å²) in [6, 6.07) is 6.43. The highest BCUT2D eigenvalue weighted by Crippen LogP contribution is 2.23. The molecule has 0 saturated heterocycles. The summed E-state index contributed by atoms with van der Waals surface area (Å²) in [5.41, 5.74) is 3.99. The van der Waals surface area contributed by atoms with E-state index in [1.807, 2.05) is 6.92 Å². The Balaban J connectivity index is 1.84. The molecule has 1 aromatic rings. The third-order valence-corrected chi connectivity index (χ3v) is 4.74. The lowest BCUT2D eigenvalue weighted by Crippen LogP contribution is -2.24. The topological polar surface area (TPSA) is 46.2 Å². The molecule has 19 heavy (non-hydrogen) atoms. The zero-order chi connectivity index (χ0) is 13.7. The van der Waals surface area contributed by atoms with Gasteiger partial charge in [0.2, 0.25) is 5.91 Å². The zero-order valence-corrected chi connectivity index (χ0v) is 12.2. The predicted molar refractivity (Wildman–Crippen MR) is 78.5 cm³/mol. The van der Waals surface area contributed by atoms with Gasteiger partial charge in [0.05, 0.1) is 0 Å². The summed E-state index contributed by atoms with van der Waals surface area (Å²) < 4.78 is 12.0. The molecule has 0 heterocycles. The molecule has 1 atom stereocenters. The van der Waals surface area contributed by atoms with Gasteiger partial charge in [0, 0.05) is 35.3 Å². The van der Waals surface area contributed by atoms with Crippen LogP contribution >= 0.6 is 0 Å². The van der Waals surface area contributed by atoms with Gasteiger partial charge < -0.3 is 5.32 Å². The van der Waals surface area contributed by atoms with Crippen molar-refractivity contribution in [3.8, 4) is 0 Å². The molecule has 0 fully saturated rings. The summed E-state index contributed by atoms with van der Waals surface area (Å²) in [6.07, 6.45) is 3.91. The van der Waals surface area contributed by atoms with Crippen molar-refractivity contribution in [3.05, 3.63) is 34.9 Å². The van der Waals surface area contributed by atoms with Gasteiger partial charge in [0.25, 0.3) is 0 Å². The first-order valence-corrected chi connectivity index (χ1v) is 8.40. The highest BCUT2D eigenvalue weighted by Gasteiger charge is 2.12. The Hall–Kier alpha value is -1.16. The third kappa shape index (κ3) is 4.16. The number of nitrogens with one attached hydrogen (secondary N) is 1. The van der Waals surface area contributed by atoms with E-state index < -0.39 is 10.8 Å². The monoisotopic (exact) mass is 279 g/mol. The van der Waals surface area contributed by atoms with Crippen LogP contribution in [-0.2, 0) is 34.2 Å². The molecule has 1 aliphatic rings. The molecule has 104 valence electrons. The number of amides is 1. The molecule has 1 aromatic carbocycles. The quantitative estimate of drug-likeness (QED) is 0.865. The standard InChI is InChI=1S/C15H21NO2S/c1-2-16-15(17)8-9-19(18)11-12-6-7-13-4-3-5-14(13)10-12/h6-7,10H,2-5,8-9,11H2,1H3,(H,16,17)/t19-/m0/s1. The Morgan fingerprint density at radius 1 is 1.32 bits per heavy atom. The maximum Gasteiger partial charge on any atom is 0.220 e. The average Bonchev–Trinajstić information content (AvgIpc) is 2.84.